The maximum absolute atomic E-state index is 11.5. The van der Waals surface area contributed by atoms with Crippen LogP contribution in [-0.2, 0) is 9.47 Å². The Morgan fingerprint density at radius 3 is 0.900 bits per heavy atom. The van der Waals surface area contributed by atoms with Gasteiger partial charge in [-0.15, -0.1) is 0 Å². The van der Waals surface area contributed by atoms with Crippen molar-refractivity contribution in [1.82, 2.24) is 0 Å². The lowest BCUT2D eigenvalue weighted by atomic mass is 10.1. The first kappa shape index (κ1) is 29.2. The Kier molecular flexibility index (Phi) is 25.5. The van der Waals surface area contributed by atoms with Crippen molar-refractivity contribution in [2.24, 2.45) is 0 Å². The maximum Gasteiger partial charge on any atom is 0.508 e. The minimum atomic E-state index is -0.513. The van der Waals surface area contributed by atoms with Gasteiger partial charge in [0, 0.05) is 13.2 Å². The number of hydrogen-bond donors (Lipinski definition) is 2. The molecule has 0 atom stereocenters. The Balaban J connectivity index is 3.14. The van der Waals surface area contributed by atoms with E-state index in [-0.39, 0.29) is 0 Å². The number of aliphatic hydroxyl groups excluding tert-OH is 2. The molecule has 0 aliphatic rings. The standard InChI is InChI=1S/C25H50O5/c26-21-17-13-9-5-1-3-7-11-15-19-23-29-25(28)30-24-20-16-12-8-4-2-6-10-14-18-22-27/h26-27H,1-24H2. The summed E-state index contributed by atoms with van der Waals surface area (Å²) >= 11 is 0. The van der Waals surface area contributed by atoms with E-state index in [4.69, 9.17) is 19.7 Å². The number of carbonyl (C=O) groups excluding carboxylic acids is 1. The van der Waals surface area contributed by atoms with Gasteiger partial charge in [-0.05, 0) is 25.7 Å². The lowest BCUT2D eigenvalue weighted by Gasteiger charge is -2.06. The fourth-order valence-corrected chi connectivity index (χ4v) is 3.61. The van der Waals surface area contributed by atoms with Gasteiger partial charge in [0.25, 0.3) is 0 Å². The van der Waals surface area contributed by atoms with Crippen LogP contribution >= 0.6 is 0 Å². The molecule has 0 aliphatic carbocycles. The van der Waals surface area contributed by atoms with E-state index in [1.54, 1.807) is 0 Å². The van der Waals surface area contributed by atoms with Gasteiger partial charge in [-0.25, -0.2) is 4.79 Å². The second-order valence-electron chi connectivity index (χ2n) is 8.47. The summed E-state index contributed by atoms with van der Waals surface area (Å²) in [5.41, 5.74) is 0. The largest absolute Gasteiger partial charge is 0.508 e. The van der Waals surface area contributed by atoms with Crippen molar-refractivity contribution in [2.45, 2.75) is 128 Å². The first-order chi connectivity index (χ1) is 14.8. The summed E-state index contributed by atoms with van der Waals surface area (Å²) in [4.78, 5) is 11.5. The Morgan fingerprint density at radius 2 is 0.633 bits per heavy atom. The van der Waals surface area contributed by atoms with Crippen LogP contribution in [0.2, 0.25) is 0 Å². The molecule has 0 bridgehead atoms. The SMILES string of the molecule is O=C(OCCCCCCCCCCCCO)OCCCCCCCCCCCCO. The summed E-state index contributed by atoms with van der Waals surface area (Å²) in [6, 6.07) is 0. The van der Waals surface area contributed by atoms with Crippen molar-refractivity contribution in [1.29, 1.82) is 0 Å². The van der Waals surface area contributed by atoms with Gasteiger partial charge in [-0.1, -0.05) is 103 Å². The monoisotopic (exact) mass is 430 g/mol. The average Bonchev–Trinajstić information content (AvgIpc) is 2.75. The van der Waals surface area contributed by atoms with E-state index >= 15 is 0 Å². The molecule has 0 saturated heterocycles. The van der Waals surface area contributed by atoms with Crippen LogP contribution in [0.5, 0.6) is 0 Å². The maximum atomic E-state index is 11.5. The summed E-state index contributed by atoms with van der Waals surface area (Å²) in [7, 11) is 0. The third kappa shape index (κ3) is 25.2. The first-order valence-electron chi connectivity index (χ1n) is 12.8. The van der Waals surface area contributed by atoms with Crippen LogP contribution < -0.4 is 0 Å². The summed E-state index contributed by atoms with van der Waals surface area (Å²) < 4.78 is 10.3. The highest BCUT2D eigenvalue weighted by Gasteiger charge is 2.03. The molecule has 0 saturated carbocycles. The van der Waals surface area contributed by atoms with Crippen molar-refractivity contribution in [3.8, 4) is 0 Å². The number of carbonyl (C=O) groups is 1. The molecule has 0 aliphatic heterocycles. The van der Waals surface area contributed by atoms with Gasteiger partial charge in [0.15, 0.2) is 0 Å². The molecular weight excluding hydrogens is 380 g/mol. The number of rotatable bonds is 24. The van der Waals surface area contributed by atoms with Crippen LogP contribution in [0.25, 0.3) is 0 Å². The molecule has 0 aromatic carbocycles. The van der Waals surface area contributed by atoms with Crippen LogP contribution in [0, 0.1) is 0 Å². The van der Waals surface area contributed by atoms with Crippen molar-refractivity contribution in [3.63, 3.8) is 0 Å². The van der Waals surface area contributed by atoms with Crippen molar-refractivity contribution >= 4 is 6.16 Å². The molecule has 2 N–H and O–H groups in total. The van der Waals surface area contributed by atoms with E-state index in [9.17, 15) is 4.79 Å². The predicted octanol–water partition coefficient (Wildman–Crippen LogP) is 6.93. The van der Waals surface area contributed by atoms with Gasteiger partial charge >= 0.3 is 6.16 Å². The quantitative estimate of drug-likeness (QED) is 0.128. The predicted molar refractivity (Wildman–Crippen MR) is 124 cm³/mol. The molecular formula is C25H50O5. The lowest BCUT2D eigenvalue weighted by molar-refractivity contribution is 0.0529. The van der Waals surface area contributed by atoms with E-state index in [0.29, 0.717) is 26.4 Å². The molecule has 0 rings (SSSR count). The fraction of sp³-hybridized carbons (Fsp3) is 0.960. The molecule has 180 valence electrons. The molecule has 0 fully saturated rings. The minimum Gasteiger partial charge on any atom is -0.434 e. The van der Waals surface area contributed by atoms with Crippen molar-refractivity contribution in [3.05, 3.63) is 0 Å². The van der Waals surface area contributed by atoms with E-state index in [0.717, 1.165) is 51.4 Å². The molecule has 0 spiro atoms. The molecule has 30 heavy (non-hydrogen) atoms. The summed E-state index contributed by atoms with van der Waals surface area (Å²) in [5, 5.41) is 17.4. The van der Waals surface area contributed by atoms with Gasteiger partial charge in [0.1, 0.15) is 0 Å². The van der Waals surface area contributed by atoms with Crippen LogP contribution in [0.3, 0.4) is 0 Å². The van der Waals surface area contributed by atoms with Gasteiger partial charge in [-0.3, -0.25) is 0 Å². The number of ether oxygens (including phenoxy) is 2. The van der Waals surface area contributed by atoms with Crippen LogP contribution in [-0.4, -0.2) is 42.8 Å². The van der Waals surface area contributed by atoms with E-state index in [1.165, 1.54) is 77.0 Å². The number of aliphatic hydroxyl groups is 2. The van der Waals surface area contributed by atoms with Crippen molar-refractivity contribution in [2.75, 3.05) is 26.4 Å². The third-order valence-corrected chi connectivity index (χ3v) is 5.54. The summed E-state index contributed by atoms with van der Waals surface area (Å²) in [5.74, 6) is 0. The van der Waals surface area contributed by atoms with Gasteiger partial charge in [-0.2, -0.15) is 0 Å². The highest BCUT2D eigenvalue weighted by Crippen LogP contribution is 2.12. The summed E-state index contributed by atoms with van der Waals surface area (Å²) in [6.45, 7) is 1.59. The molecule has 0 radical (unpaired) electrons. The van der Waals surface area contributed by atoms with Gasteiger partial charge in [0.05, 0.1) is 13.2 Å². The van der Waals surface area contributed by atoms with Crippen molar-refractivity contribution < 1.29 is 24.5 Å². The topological polar surface area (TPSA) is 76.0 Å². The Hall–Kier alpha value is -0.810. The van der Waals surface area contributed by atoms with E-state index in [1.807, 2.05) is 0 Å². The molecule has 5 heteroatoms. The molecule has 5 nitrogen and oxygen atoms in total. The molecule has 0 unspecified atom stereocenters. The zero-order valence-electron chi connectivity index (χ0n) is 19.6. The lowest BCUT2D eigenvalue weighted by Crippen LogP contribution is -2.09. The zero-order valence-corrected chi connectivity index (χ0v) is 19.6. The fourth-order valence-electron chi connectivity index (χ4n) is 3.61. The Morgan fingerprint density at radius 1 is 0.400 bits per heavy atom. The molecule has 0 aromatic heterocycles. The highest BCUT2D eigenvalue weighted by molar-refractivity contribution is 5.59. The zero-order chi connectivity index (χ0) is 22.0. The molecule has 0 heterocycles. The molecule has 0 aromatic rings. The van der Waals surface area contributed by atoms with E-state index < -0.39 is 6.16 Å². The number of hydrogen-bond acceptors (Lipinski definition) is 5. The second-order valence-corrected chi connectivity index (χ2v) is 8.47. The van der Waals surface area contributed by atoms with Crippen LogP contribution in [0.1, 0.15) is 128 Å². The normalized spacial score (nSPS) is 11.0. The smallest absolute Gasteiger partial charge is 0.434 e. The molecule has 0 amide bonds. The average molecular weight is 431 g/mol. The highest BCUT2D eigenvalue weighted by atomic mass is 16.7. The second kappa shape index (κ2) is 26.2. The minimum absolute atomic E-state index is 0.323. The number of unbranched alkanes of at least 4 members (excludes halogenated alkanes) is 18. The third-order valence-electron chi connectivity index (χ3n) is 5.54. The van der Waals surface area contributed by atoms with E-state index in [2.05, 4.69) is 0 Å². The van der Waals surface area contributed by atoms with Crippen LogP contribution in [0.4, 0.5) is 4.79 Å². The Bertz CT molecular complexity index is 306. The van der Waals surface area contributed by atoms with Gasteiger partial charge in [0.2, 0.25) is 0 Å². The van der Waals surface area contributed by atoms with Gasteiger partial charge < -0.3 is 19.7 Å². The Labute approximate surface area is 185 Å². The van der Waals surface area contributed by atoms with Crippen LogP contribution in [0.15, 0.2) is 0 Å². The summed E-state index contributed by atoms with van der Waals surface area (Å²) in [6.07, 6.45) is 22.8. The first-order valence-corrected chi connectivity index (χ1v) is 12.8.